The quantitative estimate of drug-likeness (QED) is 0.856. The van der Waals surface area contributed by atoms with Crippen LogP contribution in [0.5, 0.6) is 0 Å². The molecule has 1 aromatic rings. The van der Waals surface area contributed by atoms with Gasteiger partial charge in [0.25, 0.3) is 0 Å². The van der Waals surface area contributed by atoms with Gasteiger partial charge in [0.15, 0.2) is 0 Å². The van der Waals surface area contributed by atoms with Gasteiger partial charge in [0.2, 0.25) is 5.91 Å². The molecule has 0 saturated heterocycles. The Morgan fingerprint density at radius 1 is 1.47 bits per heavy atom. The van der Waals surface area contributed by atoms with Crippen LogP contribution in [0.4, 0.5) is 0 Å². The van der Waals surface area contributed by atoms with E-state index in [1.165, 1.54) is 11.8 Å². The summed E-state index contributed by atoms with van der Waals surface area (Å²) >= 11 is 5.76. The summed E-state index contributed by atoms with van der Waals surface area (Å²) in [5.74, 6) is -0.0796. The lowest BCUT2D eigenvalue weighted by Gasteiger charge is -2.25. The van der Waals surface area contributed by atoms with E-state index in [1.807, 2.05) is 12.1 Å². The summed E-state index contributed by atoms with van der Waals surface area (Å²) < 4.78 is 0. The molecule has 3 nitrogen and oxygen atoms in total. The van der Waals surface area contributed by atoms with Crippen molar-refractivity contribution in [2.75, 3.05) is 13.7 Å². The lowest BCUT2D eigenvalue weighted by Crippen LogP contribution is -2.31. The SMILES string of the molecule is CC(=O)N(C)C(CO)c1ccc(Cl)cc1. The average Bonchev–Trinajstić information content (AvgIpc) is 2.21. The molecule has 0 bridgehead atoms. The molecule has 1 amide bonds. The minimum absolute atomic E-state index is 0.0796. The number of hydrogen-bond acceptors (Lipinski definition) is 2. The first-order valence-electron chi connectivity index (χ1n) is 4.66. The Hall–Kier alpha value is -1.06. The van der Waals surface area contributed by atoms with Gasteiger partial charge >= 0.3 is 0 Å². The van der Waals surface area contributed by atoms with Gasteiger partial charge in [0.05, 0.1) is 12.6 Å². The van der Waals surface area contributed by atoms with Crippen LogP contribution < -0.4 is 0 Å². The number of halogens is 1. The highest BCUT2D eigenvalue weighted by Crippen LogP contribution is 2.20. The maximum absolute atomic E-state index is 11.2. The predicted molar refractivity (Wildman–Crippen MR) is 59.7 cm³/mol. The Bertz CT molecular complexity index is 337. The smallest absolute Gasteiger partial charge is 0.219 e. The van der Waals surface area contributed by atoms with Crippen molar-refractivity contribution in [3.05, 3.63) is 34.9 Å². The minimum atomic E-state index is -0.306. The van der Waals surface area contributed by atoms with Gasteiger partial charge in [0.1, 0.15) is 0 Å². The summed E-state index contributed by atoms with van der Waals surface area (Å²) in [6, 6.07) is 6.80. The zero-order chi connectivity index (χ0) is 11.4. The van der Waals surface area contributed by atoms with Crippen molar-refractivity contribution in [2.45, 2.75) is 13.0 Å². The summed E-state index contributed by atoms with van der Waals surface area (Å²) in [4.78, 5) is 12.7. The molecule has 0 aliphatic rings. The molecule has 0 aromatic heterocycles. The van der Waals surface area contributed by atoms with Crippen LogP contribution in [0.1, 0.15) is 18.5 Å². The summed E-state index contributed by atoms with van der Waals surface area (Å²) in [5.41, 5.74) is 0.875. The fourth-order valence-electron chi connectivity index (χ4n) is 1.36. The predicted octanol–water partition coefficient (Wildman–Crippen LogP) is 1.85. The van der Waals surface area contributed by atoms with Gasteiger partial charge in [0, 0.05) is 19.0 Å². The molecule has 0 aliphatic carbocycles. The van der Waals surface area contributed by atoms with E-state index in [1.54, 1.807) is 19.2 Å². The molecule has 1 unspecified atom stereocenters. The van der Waals surface area contributed by atoms with Crippen LogP contribution in [-0.2, 0) is 4.79 Å². The van der Waals surface area contributed by atoms with Gasteiger partial charge in [-0.15, -0.1) is 0 Å². The van der Waals surface area contributed by atoms with E-state index in [0.717, 1.165) is 5.56 Å². The van der Waals surface area contributed by atoms with Crippen molar-refractivity contribution in [2.24, 2.45) is 0 Å². The maximum Gasteiger partial charge on any atom is 0.219 e. The van der Waals surface area contributed by atoms with Crippen LogP contribution in [-0.4, -0.2) is 29.6 Å². The molecule has 1 atom stereocenters. The lowest BCUT2D eigenvalue weighted by atomic mass is 10.1. The zero-order valence-corrected chi connectivity index (χ0v) is 9.53. The Kier molecular flexibility index (Phi) is 4.12. The van der Waals surface area contributed by atoms with Crippen molar-refractivity contribution in [3.63, 3.8) is 0 Å². The molecular weight excluding hydrogens is 214 g/mol. The van der Waals surface area contributed by atoms with Crippen molar-refractivity contribution >= 4 is 17.5 Å². The molecule has 0 saturated carbocycles. The number of nitrogens with zero attached hydrogens (tertiary/aromatic N) is 1. The molecule has 0 heterocycles. The second kappa shape index (κ2) is 5.14. The van der Waals surface area contributed by atoms with E-state index >= 15 is 0 Å². The van der Waals surface area contributed by atoms with E-state index in [9.17, 15) is 9.90 Å². The number of aliphatic hydroxyl groups excluding tert-OH is 1. The number of carbonyl (C=O) groups excluding carboxylic acids is 1. The molecule has 1 aromatic carbocycles. The summed E-state index contributed by atoms with van der Waals surface area (Å²) in [6.45, 7) is 1.37. The normalized spacial score (nSPS) is 12.3. The van der Waals surface area contributed by atoms with Crippen LogP contribution in [0.2, 0.25) is 5.02 Å². The van der Waals surface area contributed by atoms with Gasteiger partial charge in [-0.3, -0.25) is 4.79 Å². The monoisotopic (exact) mass is 227 g/mol. The van der Waals surface area contributed by atoms with Crippen molar-refractivity contribution in [1.82, 2.24) is 4.90 Å². The molecule has 82 valence electrons. The van der Waals surface area contributed by atoms with Gasteiger partial charge in [-0.2, -0.15) is 0 Å². The van der Waals surface area contributed by atoms with Crippen molar-refractivity contribution < 1.29 is 9.90 Å². The van der Waals surface area contributed by atoms with Crippen LogP contribution in [0.15, 0.2) is 24.3 Å². The number of aliphatic hydroxyl groups is 1. The van der Waals surface area contributed by atoms with Gasteiger partial charge in [-0.1, -0.05) is 23.7 Å². The molecule has 0 aliphatic heterocycles. The summed E-state index contributed by atoms with van der Waals surface area (Å²) in [6.07, 6.45) is 0. The van der Waals surface area contributed by atoms with E-state index in [2.05, 4.69) is 0 Å². The number of benzene rings is 1. The third-order valence-corrected chi connectivity index (χ3v) is 2.64. The molecule has 4 heteroatoms. The van der Waals surface area contributed by atoms with E-state index in [4.69, 9.17) is 11.6 Å². The Balaban J connectivity index is 2.92. The first-order chi connectivity index (χ1) is 7.06. The second-order valence-corrected chi connectivity index (χ2v) is 3.82. The van der Waals surface area contributed by atoms with Crippen LogP contribution >= 0.6 is 11.6 Å². The average molecular weight is 228 g/mol. The fourth-order valence-corrected chi connectivity index (χ4v) is 1.48. The van der Waals surface area contributed by atoms with E-state index in [0.29, 0.717) is 5.02 Å². The van der Waals surface area contributed by atoms with Gasteiger partial charge in [-0.05, 0) is 17.7 Å². The third-order valence-electron chi connectivity index (χ3n) is 2.39. The highest BCUT2D eigenvalue weighted by Gasteiger charge is 2.17. The fraction of sp³-hybridized carbons (Fsp3) is 0.364. The van der Waals surface area contributed by atoms with E-state index < -0.39 is 0 Å². The maximum atomic E-state index is 11.2. The Morgan fingerprint density at radius 2 is 2.00 bits per heavy atom. The zero-order valence-electron chi connectivity index (χ0n) is 8.77. The molecule has 0 radical (unpaired) electrons. The number of likely N-dealkylation sites (N-methyl/N-ethyl adjacent to an activating group) is 1. The van der Waals surface area contributed by atoms with Gasteiger partial charge < -0.3 is 10.0 Å². The van der Waals surface area contributed by atoms with Crippen molar-refractivity contribution in [1.29, 1.82) is 0 Å². The first-order valence-corrected chi connectivity index (χ1v) is 5.03. The molecule has 1 N–H and O–H groups in total. The standard InChI is InChI=1S/C11H14ClNO2/c1-8(15)13(2)11(7-14)9-3-5-10(12)6-4-9/h3-6,11,14H,7H2,1-2H3. The molecule has 15 heavy (non-hydrogen) atoms. The second-order valence-electron chi connectivity index (χ2n) is 3.38. The molecule has 1 rings (SSSR count). The topological polar surface area (TPSA) is 40.5 Å². The van der Waals surface area contributed by atoms with Crippen LogP contribution in [0, 0.1) is 0 Å². The highest BCUT2D eigenvalue weighted by molar-refractivity contribution is 6.30. The van der Waals surface area contributed by atoms with E-state index in [-0.39, 0.29) is 18.6 Å². The highest BCUT2D eigenvalue weighted by atomic mass is 35.5. The number of carbonyl (C=O) groups is 1. The summed E-state index contributed by atoms with van der Waals surface area (Å²) in [7, 11) is 1.66. The number of rotatable bonds is 3. The van der Waals surface area contributed by atoms with Gasteiger partial charge in [-0.25, -0.2) is 0 Å². The Labute approximate surface area is 94.3 Å². The molecular formula is C11H14ClNO2. The van der Waals surface area contributed by atoms with Crippen LogP contribution in [0.25, 0.3) is 0 Å². The van der Waals surface area contributed by atoms with Crippen LogP contribution in [0.3, 0.4) is 0 Å². The molecule has 0 fully saturated rings. The minimum Gasteiger partial charge on any atom is -0.394 e. The lowest BCUT2D eigenvalue weighted by molar-refractivity contribution is -0.130. The first kappa shape index (κ1) is 12.0. The van der Waals surface area contributed by atoms with Crippen molar-refractivity contribution in [3.8, 4) is 0 Å². The molecule has 0 spiro atoms. The number of amides is 1. The largest absolute Gasteiger partial charge is 0.394 e. The Morgan fingerprint density at radius 3 is 2.40 bits per heavy atom. The third kappa shape index (κ3) is 2.94. The number of hydrogen-bond donors (Lipinski definition) is 1. The summed E-state index contributed by atoms with van der Waals surface area (Å²) in [5, 5.41) is 9.88.